The van der Waals surface area contributed by atoms with E-state index in [1.165, 1.54) is 0 Å². The van der Waals surface area contributed by atoms with Crippen LogP contribution >= 0.6 is 0 Å². The highest BCUT2D eigenvalue weighted by Crippen LogP contribution is 2.47. The molecule has 0 spiro atoms. The molecule has 1 aliphatic heterocycles. The lowest BCUT2D eigenvalue weighted by molar-refractivity contribution is -0.138. The van der Waals surface area contributed by atoms with Crippen molar-refractivity contribution < 1.29 is 57.1 Å². The highest BCUT2D eigenvalue weighted by atomic mass is 16.5. The van der Waals surface area contributed by atoms with Crippen LogP contribution in [0.5, 0.6) is 34.5 Å². The van der Waals surface area contributed by atoms with E-state index in [2.05, 4.69) is 92.0 Å². The minimum absolute atomic E-state index is 0.303. The first-order valence-corrected chi connectivity index (χ1v) is 27.7. The van der Waals surface area contributed by atoms with Crippen molar-refractivity contribution >= 4 is 69.7 Å². The van der Waals surface area contributed by atoms with E-state index < -0.39 is 23.9 Å². The average Bonchev–Trinajstić information content (AvgIpc) is 2.93. The van der Waals surface area contributed by atoms with Crippen molar-refractivity contribution in [1.29, 1.82) is 0 Å². The van der Waals surface area contributed by atoms with Crippen LogP contribution in [0.25, 0.3) is 57.0 Å². The number of carbonyl (C=O) groups excluding carboxylic acids is 4. The van der Waals surface area contributed by atoms with Crippen molar-refractivity contribution in [3.05, 3.63) is 252 Å². The van der Waals surface area contributed by atoms with Gasteiger partial charge in [-0.15, -0.1) is 0 Å². The highest BCUT2D eigenvalue weighted by molar-refractivity contribution is 6.10. The third-order valence-electron chi connectivity index (χ3n) is 13.8. The summed E-state index contributed by atoms with van der Waals surface area (Å²) in [5.41, 5.74) is 8.63. The molecule has 0 atom stereocenters. The molecule has 10 rings (SSSR count). The van der Waals surface area contributed by atoms with Gasteiger partial charge in [-0.25, -0.2) is 19.2 Å². The van der Waals surface area contributed by atoms with Gasteiger partial charge in [0.15, 0.2) is 0 Å². The summed E-state index contributed by atoms with van der Waals surface area (Å²) >= 11 is 0. The van der Waals surface area contributed by atoms with Gasteiger partial charge in [-0.1, -0.05) is 116 Å². The third-order valence-corrected chi connectivity index (χ3v) is 13.8. The molecule has 1 aliphatic rings. The monoisotopic (exact) mass is 1120 g/mol. The maximum atomic E-state index is 13.0. The molecule has 0 radical (unpaired) electrons. The number of carbonyl (C=O) groups is 4. The van der Waals surface area contributed by atoms with Crippen LogP contribution in [0, 0.1) is 0 Å². The molecular formula is C72H60O12. The maximum absolute atomic E-state index is 13.0. The number of hydrogen-bond donors (Lipinski definition) is 0. The molecule has 0 aliphatic carbocycles. The first kappa shape index (κ1) is 56.8. The van der Waals surface area contributed by atoms with E-state index in [0.29, 0.717) is 99.4 Å². The lowest BCUT2D eigenvalue weighted by atomic mass is 9.91. The molecule has 2 bridgehead atoms. The summed E-state index contributed by atoms with van der Waals surface area (Å²) in [7, 11) is 0. The second kappa shape index (κ2) is 27.8. The Hall–Kier alpha value is -10.5. The predicted octanol–water partition coefficient (Wildman–Crippen LogP) is 15.7. The molecule has 0 saturated carbocycles. The molecule has 0 amide bonds. The molecule has 0 saturated heterocycles. The molecular weight excluding hydrogens is 1060 g/mol. The molecule has 0 N–H and O–H groups in total. The van der Waals surface area contributed by atoms with Crippen LogP contribution < -0.4 is 28.4 Å². The Morgan fingerprint density at radius 3 is 1.20 bits per heavy atom. The molecule has 12 nitrogen and oxygen atoms in total. The number of ether oxygens (including phenoxy) is 8. The topological polar surface area (TPSA) is 142 Å². The van der Waals surface area contributed by atoms with Crippen molar-refractivity contribution in [3.63, 3.8) is 0 Å². The van der Waals surface area contributed by atoms with E-state index in [9.17, 15) is 19.2 Å². The van der Waals surface area contributed by atoms with Gasteiger partial charge in [-0.3, -0.25) is 0 Å². The second-order valence-electron chi connectivity index (χ2n) is 19.7. The van der Waals surface area contributed by atoms with E-state index in [4.69, 9.17) is 37.9 Å². The fourth-order valence-corrected chi connectivity index (χ4v) is 9.39. The van der Waals surface area contributed by atoms with Crippen molar-refractivity contribution in [2.75, 3.05) is 26.4 Å². The van der Waals surface area contributed by atoms with Gasteiger partial charge in [0.25, 0.3) is 0 Å². The van der Waals surface area contributed by atoms with Gasteiger partial charge in [0.1, 0.15) is 47.7 Å². The second-order valence-corrected chi connectivity index (χ2v) is 19.7. The van der Waals surface area contributed by atoms with Gasteiger partial charge >= 0.3 is 23.9 Å². The fraction of sp³-hybridized carbons (Fsp3) is 0.139. The Morgan fingerprint density at radius 1 is 0.405 bits per heavy atom. The number of hydrogen-bond acceptors (Lipinski definition) is 12. The van der Waals surface area contributed by atoms with Crippen molar-refractivity contribution in [1.82, 2.24) is 0 Å². The molecule has 0 fully saturated rings. The Labute approximate surface area is 487 Å². The third kappa shape index (κ3) is 15.1. The van der Waals surface area contributed by atoms with Gasteiger partial charge in [-0.2, -0.15) is 0 Å². The van der Waals surface area contributed by atoms with Crippen molar-refractivity contribution in [2.24, 2.45) is 0 Å². The van der Waals surface area contributed by atoms with Crippen molar-refractivity contribution in [3.8, 4) is 45.6 Å². The normalized spacial score (nSPS) is 11.8. The van der Waals surface area contributed by atoms with Crippen LogP contribution in [-0.4, -0.2) is 50.3 Å². The summed E-state index contributed by atoms with van der Waals surface area (Å²) in [6.07, 6.45) is 13.2. The summed E-state index contributed by atoms with van der Waals surface area (Å²) in [4.78, 5) is 48.4. The van der Waals surface area contributed by atoms with Gasteiger partial charge < -0.3 is 37.9 Å². The van der Waals surface area contributed by atoms with Crippen molar-refractivity contribution in [2.45, 2.75) is 38.9 Å². The number of rotatable bonds is 22. The Bertz CT molecular complexity index is 3640. The molecule has 9 aromatic rings. The number of unbranched alkanes of at least 4 members (excludes halogenated alkanes) is 2. The summed E-state index contributed by atoms with van der Waals surface area (Å²) in [5, 5.41) is 4.08. The zero-order valence-electron chi connectivity index (χ0n) is 46.2. The van der Waals surface area contributed by atoms with E-state index in [0.717, 1.165) is 89.7 Å². The zero-order chi connectivity index (χ0) is 58.0. The van der Waals surface area contributed by atoms with E-state index >= 15 is 0 Å². The molecule has 1 heterocycles. The highest BCUT2D eigenvalue weighted by Gasteiger charge is 2.21. The summed E-state index contributed by atoms with van der Waals surface area (Å²) in [5.74, 6) is 1.73. The Balaban J connectivity index is 0.805. The summed E-state index contributed by atoms with van der Waals surface area (Å²) in [6.45, 7) is 9.04. The van der Waals surface area contributed by atoms with Gasteiger partial charge in [0, 0.05) is 23.3 Å². The lowest BCUT2D eigenvalue weighted by Gasteiger charge is -2.19. The average molecular weight is 1120 g/mol. The largest absolute Gasteiger partial charge is 0.494 e. The van der Waals surface area contributed by atoms with E-state index in [1.807, 2.05) is 54.6 Å². The van der Waals surface area contributed by atoms with Gasteiger partial charge in [-0.05, 0) is 184 Å². The van der Waals surface area contributed by atoms with Crippen LogP contribution in [0.2, 0.25) is 0 Å². The van der Waals surface area contributed by atoms with Crippen LogP contribution in [0.15, 0.2) is 207 Å². The molecule has 84 heavy (non-hydrogen) atoms. The SMILES string of the molecule is C=CC(=O)OCCCCOc1ccc(C(=O)Oc2ccc(/C=C\c3ccc4c5c(ccc4c3)OCc3cccc(c3)COc3ccc4cc(/C=C\c6ccc(OC(=O)c7ccc(OCCCCOC(=O)C=C)cc7)cc6)ccc4c3-5)cc2)cc1. The molecule has 0 aromatic heterocycles. The molecule has 0 unspecified atom stereocenters. The first-order valence-electron chi connectivity index (χ1n) is 27.7. The van der Waals surface area contributed by atoms with Crippen LogP contribution in [-0.2, 0) is 32.3 Å². The molecule has 420 valence electrons. The smallest absolute Gasteiger partial charge is 0.343 e. The first-order chi connectivity index (χ1) is 41.1. The predicted molar refractivity (Wildman–Crippen MR) is 327 cm³/mol. The molecule has 9 aromatic carbocycles. The van der Waals surface area contributed by atoms with Crippen LogP contribution in [0.4, 0.5) is 0 Å². The maximum Gasteiger partial charge on any atom is 0.343 e. The Kier molecular flexibility index (Phi) is 18.8. The Morgan fingerprint density at radius 2 is 0.786 bits per heavy atom. The van der Waals surface area contributed by atoms with Crippen LogP contribution in [0.3, 0.4) is 0 Å². The van der Waals surface area contributed by atoms with E-state index in [-0.39, 0.29) is 0 Å². The number of esters is 4. The van der Waals surface area contributed by atoms with Crippen LogP contribution in [0.1, 0.15) is 79.8 Å². The zero-order valence-corrected chi connectivity index (χ0v) is 46.2. The standard InChI is InChI=1S/C72H60O12/c1-3-67(73)79-42-7-5-40-77-59-32-22-55(23-33-59)71(75)83-61-28-16-49(17-29-61)12-14-51-20-36-63-57(45-51)26-38-65-69(63)70-64-37-21-52(46-58(64)27-39-66(70)82-48-54-11-9-10-53(44-54)47-81-65)15-13-50-18-30-62(31-19-50)84-72(76)56-24-34-60(35-25-56)78-41-6-8-43-80-68(74)4-2/h3-4,9-39,44-46H,1-2,5-8,40-43,47-48H2/b14-12-,15-13-. The van der Waals surface area contributed by atoms with Gasteiger partial charge in [0.2, 0.25) is 0 Å². The van der Waals surface area contributed by atoms with Gasteiger partial charge in [0.05, 0.1) is 37.6 Å². The fourth-order valence-electron chi connectivity index (χ4n) is 9.39. The summed E-state index contributed by atoms with van der Waals surface area (Å²) < 4.78 is 46.3. The number of fused-ring (bicyclic) bond motifs is 9. The molecule has 12 heteroatoms. The number of benzene rings is 9. The minimum Gasteiger partial charge on any atom is -0.494 e. The lowest BCUT2D eigenvalue weighted by Crippen LogP contribution is -2.08. The quantitative estimate of drug-likeness (QED) is 0.0210. The van der Waals surface area contributed by atoms with E-state index in [1.54, 1.807) is 72.8 Å². The minimum atomic E-state index is -0.479. The summed E-state index contributed by atoms with van der Waals surface area (Å²) in [6, 6.07) is 57.7.